The van der Waals surface area contributed by atoms with E-state index in [1.54, 1.807) is 12.1 Å². The van der Waals surface area contributed by atoms with Gasteiger partial charge in [-0.25, -0.2) is 0 Å². The van der Waals surface area contributed by atoms with Gasteiger partial charge < -0.3 is 15.5 Å². The fourth-order valence-electron chi connectivity index (χ4n) is 2.75. The van der Waals surface area contributed by atoms with E-state index in [9.17, 15) is 14.7 Å². The van der Waals surface area contributed by atoms with Gasteiger partial charge in [0.25, 0.3) is 0 Å². The maximum absolute atomic E-state index is 11.9. The number of aliphatic carboxylic acids is 1. The molecule has 0 radical (unpaired) electrons. The van der Waals surface area contributed by atoms with E-state index in [0.717, 1.165) is 18.4 Å². The number of carboxylic acid groups (broad SMARTS) is 1. The summed E-state index contributed by atoms with van der Waals surface area (Å²) < 4.78 is 0. The first-order chi connectivity index (χ1) is 10.1. The van der Waals surface area contributed by atoms with E-state index in [1.165, 1.54) is 0 Å². The lowest BCUT2D eigenvalue weighted by molar-refractivity contribution is -0.141. The van der Waals surface area contributed by atoms with Gasteiger partial charge in [-0.15, -0.1) is 0 Å². The average molecular weight is 291 g/mol. The van der Waals surface area contributed by atoms with Crippen LogP contribution in [0.25, 0.3) is 0 Å². The molecule has 0 bridgehead atoms. The summed E-state index contributed by atoms with van der Waals surface area (Å²) in [6, 6.07) is 7.04. The number of hydrogen-bond acceptors (Lipinski definition) is 3. The van der Waals surface area contributed by atoms with E-state index in [-0.39, 0.29) is 23.5 Å². The van der Waals surface area contributed by atoms with Crippen molar-refractivity contribution in [3.05, 3.63) is 29.8 Å². The number of hydrogen-bond donors (Lipinski definition) is 3. The Bertz CT molecular complexity index is 498. The topological polar surface area (TPSA) is 86.6 Å². The van der Waals surface area contributed by atoms with Crippen molar-refractivity contribution in [3.8, 4) is 5.75 Å². The number of aromatic hydroxyl groups is 1. The van der Waals surface area contributed by atoms with Crippen molar-refractivity contribution in [2.24, 2.45) is 11.8 Å². The van der Waals surface area contributed by atoms with Crippen LogP contribution in [-0.2, 0) is 16.0 Å². The normalized spacial score (nSPS) is 21.1. The second-order valence-electron chi connectivity index (χ2n) is 5.61. The largest absolute Gasteiger partial charge is 0.508 e. The van der Waals surface area contributed by atoms with Crippen molar-refractivity contribution in [2.45, 2.75) is 32.1 Å². The van der Waals surface area contributed by atoms with Gasteiger partial charge in [0.2, 0.25) is 5.91 Å². The van der Waals surface area contributed by atoms with Gasteiger partial charge in [-0.05, 0) is 49.8 Å². The van der Waals surface area contributed by atoms with Crippen LogP contribution in [0.2, 0.25) is 0 Å². The maximum Gasteiger partial charge on any atom is 0.306 e. The third kappa shape index (κ3) is 4.48. The fraction of sp³-hybridized carbons (Fsp3) is 0.500. The molecule has 1 aliphatic rings. The Balaban J connectivity index is 1.66. The van der Waals surface area contributed by atoms with Gasteiger partial charge in [0.05, 0.1) is 5.92 Å². The number of carbonyl (C=O) groups is 2. The van der Waals surface area contributed by atoms with Crippen LogP contribution in [0.5, 0.6) is 5.75 Å². The number of nitrogens with one attached hydrogen (secondary N) is 1. The quantitative estimate of drug-likeness (QED) is 0.699. The lowest BCUT2D eigenvalue weighted by atomic mass is 10.0. The second-order valence-corrected chi connectivity index (χ2v) is 5.61. The van der Waals surface area contributed by atoms with Gasteiger partial charge in [0.1, 0.15) is 5.75 Å². The van der Waals surface area contributed by atoms with Crippen LogP contribution in [0.15, 0.2) is 24.3 Å². The minimum atomic E-state index is -0.794. The van der Waals surface area contributed by atoms with Gasteiger partial charge in [0, 0.05) is 12.5 Å². The molecule has 0 unspecified atom stereocenters. The maximum atomic E-state index is 11.9. The molecule has 3 N–H and O–H groups in total. The number of amides is 1. The Hall–Kier alpha value is -2.04. The minimum Gasteiger partial charge on any atom is -0.508 e. The zero-order valence-corrected chi connectivity index (χ0v) is 11.9. The van der Waals surface area contributed by atoms with E-state index >= 15 is 0 Å². The van der Waals surface area contributed by atoms with E-state index in [0.29, 0.717) is 25.8 Å². The Morgan fingerprint density at radius 2 is 1.81 bits per heavy atom. The van der Waals surface area contributed by atoms with Gasteiger partial charge in [0.15, 0.2) is 0 Å². The van der Waals surface area contributed by atoms with Gasteiger partial charge in [-0.3, -0.25) is 9.59 Å². The molecule has 2 rings (SSSR count). The van der Waals surface area contributed by atoms with Crippen LogP contribution >= 0.6 is 0 Å². The van der Waals surface area contributed by atoms with E-state index < -0.39 is 5.97 Å². The first kappa shape index (κ1) is 15.4. The lowest BCUT2D eigenvalue weighted by Crippen LogP contribution is -2.30. The van der Waals surface area contributed by atoms with Crippen molar-refractivity contribution < 1.29 is 19.8 Å². The molecule has 114 valence electrons. The second kappa shape index (κ2) is 7.11. The molecule has 2 atom stereocenters. The zero-order valence-electron chi connectivity index (χ0n) is 11.9. The monoisotopic (exact) mass is 291 g/mol. The number of phenolic OH excluding ortho intramolecular Hbond substituents is 1. The Morgan fingerprint density at radius 3 is 2.43 bits per heavy atom. The first-order valence-corrected chi connectivity index (χ1v) is 7.34. The van der Waals surface area contributed by atoms with Crippen LogP contribution in [-0.4, -0.2) is 28.6 Å². The summed E-state index contributed by atoms with van der Waals surface area (Å²) in [6.07, 6.45) is 3.38. The highest BCUT2D eigenvalue weighted by molar-refractivity contribution is 5.80. The third-order valence-electron chi connectivity index (χ3n) is 4.03. The summed E-state index contributed by atoms with van der Waals surface area (Å²) in [7, 11) is 0. The van der Waals surface area contributed by atoms with E-state index in [4.69, 9.17) is 5.11 Å². The van der Waals surface area contributed by atoms with Gasteiger partial charge in [-0.1, -0.05) is 12.1 Å². The molecule has 5 nitrogen and oxygen atoms in total. The van der Waals surface area contributed by atoms with Crippen molar-refractivity contribution >= 4 is 11.9 Å². The van der Waals surface area contributed by atoms with Crippen molar-refractivity contribution in [3.63, 3.8) is 0 Å². The molecule has 1 saturated carbocycles. The summed E-state index contributed by atoms with van der Waals surface area (Å²) in [5, 5.41) is 21.0. The Morgan fingerprint density at radius 1 is 1.14 bits per heavy atom. The van der Waals surface area contributed by atoms with Crippen molar-refractivity contribution in [1.29, 1.82) is 0 Å². The Kier molecular flexibility index (Phi) is 5.20. The molecule has 0 heterocycles. The highest BCUT2D eigenvalue weighted by Crippen LogP contribution is 2.31. The predicted octanol–water partition coefficient (Wildman–Crippen LogP) is 1.94. The molecule has 1 aromatic rings. The number of phenols is 1. The molecule has 5 heteroatoms. The van der Waals surface area contributed by atoms with Crippen LogP contribution < -0.4 is 5.32 Å². The fourth-order valence-corrected chi connectivity index (χ4v) is 2.75. The molecule has 0 spiro atoms. The standard InChI is InChI=1S/C16H21NO4/c18-14-7-3-11(4-8-14)2-1-9-17-15(19)12-5-6-13(10-12)16(20)21/h3-4,7-8,12-13,18H,1-2,5-6,9-10H2,(H,17,19)(H,20,21)/t12-,13+/m0/s1. The highest BCUT2D eigenvalue weighted by Gasteiger charge is 2.33. The number of benzene rings is 1. The van der Waals surface area contributed by atoms with Crippen molar-refractivity contribution in [1.82, 2.24) is 5.32 Å². The first-order valence-electron chi connectivity index (χ1n) is 7.34. The van der Waals surface area contributed by atoms with E-state index in [1.807, 2.05) is 12.1 Å². The molecule has 0 aromatic heterocycles. The Labute approximate surface area is 124 Å². The van der Waals surface area contributed by atoms with Gasteiger partial charge >= 0.3 is 5.97 Å². The number of carbonyl (C=O) groups excluding carboxylic acids is 1. The minimum absolute atomic E-state index is 0.0237. The molecular formula is C16H21NO4. The third-order valence-corrected chi connectivity index (χ3v) is 4.03. The van der Waals surface area contributed by atoms with E-state index in [2.05, 4.69) is 5.32 Å². The summed E-state index contributed by atoms with van der Waals surface area (Å²) in [5.74, 6) is -1.08. The smallest absolute Gasteiger partial charge is 0.306 e. The van der Waals surface area contributed by atoms with Crippen LogP contribution in [0.1, 0.15) is 31.2 Å². The zero-order chi connectivity index (χ0) is 15.2. The highest BCUT2D eigenvalue weighted by atomic mass is 16.4. The summed E-state index contributed by atoms with van der Waals surface area (Å²) >= 11 is 0. The lowest BCUT2D eigenvalue weighted by Gasteiger charge is -2.10. The molecule has 1 aliphatic carbocycles. The summed E-state index contributed by atoms with van der Waals surface area (Å²) in [5.41, 5.74) is 1.12. The molecule has 1 fully saturated rings. The summed E-state index contributed by atoms with van der Waals surface area (Å²) in [4.78, 5) is 22.8. The predicted molar refractivity (Wildman–Crippen MR) is 77.9 cm³/mol. The molecule has 0 aliphatic heterocycles. The van der Waals surface area contributed by atoms with Crippen LogP contribution in [0.3, 0.4) is 0 Å². The number of carboxylic acids is 1. The summed E-state index contributed by atoms with van der Waals surface area (Å²) in [6.45, 7) is 0.591. The van der Waals surface area contributed by atoms with Gasteiger partial charge in [-0.2, -0.15) is 0 Å². The van der Waals surface area contributed by atoms with Crippen molar-refractivity contribution in [2.75, 3.05) is 6.54 Å². The SMILES string of the molecule is O=C(O)[C@@H]1CC[C@H](C(=O)NCCCc2ccc(O)cc2)C1. The molecular weight excluding hydrogens is 270 g/mol. The molecule has 1 aromatic carbocycles. The van der Waals surface area contributed by atoms with Crippen LogP contribution in [0, 0.1) is 11.8 Å². The molecule has 1 amide bonds. The molecule has 21 heavy (non-hydrogen) atoms. The number of aryl methyl sites for hydroxylation is 1. The van der Waals surface area contributed by atoms with Crippen LogP contribution in [0.4, 0.5) is 0 Å². The molecule has 0 saturated heterocycles. The number of rotatable bonds is 6. The average Bonchev–Trinajstić information content (AvgIpc) is 2.95.